The third kappa shape index (κ3) is 28.6. The maximum Gasteiger partial charge on any atom is 2.00 e. The Balaban J connectivity index is -0.000000613. The van der Waals surface area contributed by atoms with Gasteiger partial charge in [-0.25, -0.2) is 6.08 Å². The number of anilines is 1. The first kappa shape index (κ1) is 53.3. The minimum Gasteiger partial charge on any atom is -0.662 e. The molecule has 2 heterocycles. The van der Waals surface area contributed by atoms with Gasteiger partial charge < -0.3 is 26.5 Å². The fraction of sp³-hybridized carbons (Fsp3) is 0.568. The number of rotatable bonds is 15. The summed E-state index contributed by atoms with van der Waals surface area (Å²) in [6.07, 6.45) is 26.0. The van der Waals surface area contributed by atoms with Gasteiger partial charge in [-0.1, -0.05) is 118 Å². The van der Waals surface area contributed by atoms with Gasteiger partial charge in [-0.3, -0.25) is 16.1 Å². The number of allylic oxidation sites excluding steroid dienone is 3. The van der Waals surface area contributed by atoms with Crippen molar-refractivity contribution in [2.45, 2.75) is 132 Å². The predicted molar refractivity (Wildman–Crippen MR) is 227 cm³/mol. The zero-order chi connectivity index (χ0) is 38.5. The van der Waals surface area contributed by atoms with Gasteiger partial charge in [0, 0.05) is 30.7 Å². The van der Waals surface area contributed by atoms with Crippen LogP contribution in [0.1, 0.15) is 137 Å². The van der Waals surface area contributed by atoms with E-state index in [0.29, 0.717) is 6.54 Å². The number of para-hydroxylation sites is 1. The fourth-order valence-electron chi connectivity index (χ4n) is 5.30. The van der Waals surface area contributed by atoms with Crippen molar-refractivity contribution < 1.29 is 22.2 Å². The standard InChI is InChI=1S/C16H31N.C10H8N.C9H13N3.C6H14N.C2H6.CH2O.Cr/c1-4-6-7-8-13-17-14(3)16-11-9-15(5-2)10-12-16;1-2-7-10-9(5-1)6-3-4-8-11-10;1-7(2)12-9-3-8(4-10)5-11-6-9;1-3-5-7-6-4-2;2*1-2;/h15-17H,3-13H2,1-2H3;1-2,5-8H,4H2;3,5-6,12H,1,4,10H2,2H3;3-6H2,1-2H3;1-2H3;1H2;/q;-1;;-1;;;+2. The molecule has 0 spiro atoms. The second-order valence-electron chi connectivity index (χ2n) is 12.4. The molecule has 1 aromatic carbocycles. The monoisotopic (exact) mass is 755 g/mol. The van der Waals surface area contributed by atoms with E-state index in [2.05, 4.69) is 72.9 Å². The maximum absolute atomic E-state index is 8.00. The van der Waals surface area contributed by atoms with Gasteiger partial charge in [-0.2, -0.15) is 0 Å². The molecule has 0 bridgehead atoms. The van der Waals surface area contributed by atoms with Gasteiger partial charge in [-0.05, 0) is 74.4 Å². The van der Waals surface area contributed by atoms with E-state index in [1.165, 1.54) is 76.3 Å². The Morgan fingerprint density at radius 2 is 1.60 bits per heavy atom. The number of hydrogen-bond acceptors (Lipinski definition) is 6. The number of pyridine rings is 1. The minimum atomic E-state index is 0. The summed E-state index contributed by atoms with van der Waals surface area (Å²) < 4.78 is 0. The Hall–Kier alpha value is -3.02. The van der Waals surface area contributed by atoms with Gasteiger partial charge in [0.05, 0.1) is 11.9 Å². The average molecular weight is 755 g/mol. The first-order valence-corrected chi connectivity index (χ1v) is 19.5. The number of nitrogens with one attached hydrogen (secondary N) is 2. The number of benzene rings is 1. The SMILES string of the molecule is C=C(C)Nc1cncc(CN)c1.C=C(NCCCCCC)C1CCC(CC)CC1.C=O.CC.CCC[N-]CCC.[C-]1=Cc2ccccc2N=CC1.[Cr+2]. The first-order valence-electron chi connectivity index (χ1n) is 19.5. The number of nitrogens with zero attached hydrogens (tertiary/aromatic N) is 3. The van der Waals surface area contributed by atoms with E-state index in [9.17, 15) is 0 Å². The molecule has 1 fully saturated rings. The van der Waals surface area contributed by atoms with Crippen LogP contribution in [0.15, 0.2) is 72.3 Å². The molecule has 7 nitrogen and oxygen atoms in total. The zero-order valence-electron chi connectivity index (χ0n) is 34.0. The molecule has 1 aliphatic carbocycles. The van der Waals surface area contributed by atoms with Crippen molar-refractivity contribution in [1.82, 2.24) is 10.3 Å². The molecule has 0 saturated heterocycles. The second-order valence-corrected chi connectivity index (χ2v) is 12.4. The minimum absolute atomic E-state index is 0. The Kier molecular flexibility index (Phi) is 40.2. The molecule has 2 aromatic rings. The van der Waals surface area contributed by atoms with E-state index in [1.807, 2.05) is 70.2 Å². The summed E-state index contributed by atoms with van der Waals surface area (Å²) in [6, 6.07) is 10.0. The van der Waals surface area contributed by atoms with Gasteiger partial charge in [0.25, 0.3) is 0 Å². The van der Waals surface area contributed by atoms with Crippen LogP contribution in [-0.4, -0.2) is 37.6 Å². The summed E-state index contributed by atoms with van der Waals surface area (Å²) in [5.74, 6) is 1.74. The molecule has 0 amide bonds. The largest absolute Gasteiger partial charge is 2.00 e. The molecule has 0 atom stereocenters. The van der Waals surface area contributed by atoms with E-state index in [-0.39, 0.29) is 17.4 Å². The quantitative estimate of drug-likeness (QED) is 0.124. The van der Waals surface area contributed by atoms with Crippen molar-refractivity contribution in [2.75, 3.05) is 25.0 Å². The van der Waals surface area contributed by atoms with Crippen LogP contribution in [0.2, 0.25) is 0 Å². The molecule has 1 saturated carbocycles. The molecule has 4 N–H and O–H groups in total. The number of aliphatic imine (C=N–C) groups is 1. The second kappa shape index (κ2) is 39.2. The molecule has 1 aromatic heterocycles. The zero-order valence-corrected chi connectivity index (χ0v) is 35.3. The number of unbranched alkanes of at least 4 members (excludes halogenated alkanes) is 3. The summed E-state index contributed by atoms with van der Waals surface area (Å²) in [4.78, 5) is 16.3. The smallest absolute Gasteiger partial charge is 0.662 e. The number of hydrogen-bond donors (Lipinski definition) is 3. The van der Waals surface area contributed by atoms with E-state index >= 15 is 0 Å². The third-order valence-corrected chi connectivity index (χ3v) is 8.08. The third-order valence-electron chi connectivity index (χ3n) is 8.08. The predicted octanol–water partition coefficient (Wildman–Crippen LogP) is 12.0. The van der Waals surface area contributed by atoms with Crippen molar-refractivity contribution in [1.29, 1.82) is 0 Å². The average Bonchev–Trinajstić information content (AvgIpc) is 3.43. The van der Waals surface area contributed by atoms with Crippen LogP contribution in [0.3, 0.4) is 0 Å². The maximum atomic E-state index is 8.00. The van der Waals surface area contributed by atoms with Gasteiger partial charge >= 0.3 is 17.4 Å². The molecular formula is C44H74CrN6O. The molecule has 0 radical (unpaired) electrons. The number of carbonyl (C=O) groups excluding carboxylic acids is 1. The molecule has 1 aliphatic heterocycles. The Morgan fingerprint density at radius 3 is 2.17 bits per heavy atom. The molecule has 52 heavy (non-hydrogen) atoms. The van der Waals surface area contributed by atoms with Crippen molar-refractivity contribution in [2.24, 2.45) is 22.6 Å². The van der Waals surface area contributed by atoms with Crippen molar-refractivity contribution in [3.63, 3.8) is 0 Å². The number of fused-ring (bicyclic) bond motifs is 1. The van der Waals surface area contributed by atoms with Gasteiger partial charge in [0.2, 0.25) is 0 Å². The van der Waals surface area contributed by atoms with Crippen LogP contribution in [-0.2, 0) is 28.7 Å². The summed E-state index contributed by atoms with van der Waals surface area (Å²) in [7, 11) is 0. The van der Waals surface area contributed by atoms with Crippen LogP contribution < -0.4 is 16.4 Å². The van der Waals surface area contributed by atoms with Gasteiger partial charge in [0.1, 0.15) is 6.79 Å². The summed E-state index contributed by atoms with van der Waals surface area (Å²) in [5, 5.41) is 10.8. The van der Waals surface area contributed by atoms with E-state index < -0.39 is 0 Å². The number of aromatic nitrogens is 1. The van der Waals surface area contributed by atoms with Crippen LogP contribution in [0.5, 0.6) is 0 Å². The van der Waals surface area contributed by atoms with Crippen LogP contribution in [0.4, 0.5) is 11.4 Å². The van der Waals surface area contributed by atoms with Crippen molar-refractivity contribution >= 4 is 30.5 Å². The molecular weight excluding hydrogens is 681 g/mol. The van der Waals surface area contributed by atoms with Crippen LogP contribution in [0, 0.1) is 17.9 Å². The fourth-order valence-corrected chi connectivity index (χ4v) is 5.30. The summed E-state index contributed by atoms with van der Waals surface area (Å²) >= 11 is 0. The molecule has 0 unspecified atom stereocenters. The van der Waals surface area contributed by atoms with Gasteiger partial charge in [-0.15, -0.1) is 24.7 Å². The molecule has 4 rings (SSSR count). The van der Waals surface area contributed by atoms with Crippen LogP contribution >= 0.6 is 0 Å². The van der Waals surface area contributed by atoms with Crippen molar-refractivity contribution in [3.05, 3.63) is 89.8 Å². The van der Waals surface area contributed by atoms with Crippen molar-refractivity contribution in [3.8, 4) is 0 Å². The topological polar surface area (TPSA) is 106 Å². The Labute approximate surface area is 331 Å². The first-order chi connectivity index (χ1) is 24.9. The van der Waals surface area contributed by atoms with Gasteiger partial charge in [0.15, 0.2) is 0 Å². The van der Waals surface area contributed by atoms with E-state index in [1.54, 1.807) is 12.4 Å². The molecule has 292 valence electrons. The normalized spacial score (nSPS) is 14.7. The number of carbonyl (C=O) groups is 1. The van der Waals surface area contributed by atoms with Crippen LogP contribution in [0.25, 0.3) is 11.4 Å². The summed E-state index contributed by atoms with van der Waals surface area (Å²) in [6.45, 7) is 28.5. The van der Waals surface area contributed by atoms with E-state index in [0.717, 1.165) is 66.1 Å². The Bertz CT molecular complexity index is 1140. The molecule has 2 aliphatic rings. The Morgan fingerprint density at radius 1 is 0.942 bits per heavy atom. The van der Waals surface area contributed by atoms with E-state index in [4.69, 9.17) is 10.5 Å². The molecule has 8 heteroatoms. The summed E-state index contributed by atoms with van der Waals surface area (Å²) in [5.41, 5.74) is 11.8. The number of nitrogens with two attached hydrogens (primary N) is 1.